The van der Waals surface area contributed by atoms with Crippen LogP contribution in [0.5, 0.6) is 0 Å². The highest BCUT2D eigenvalue weighted by molar-refractivity contribution is 9.10. The van der Waals surface area contributed by atoms with E-state index >= 15 is 0 Å². The van der Waals surface area contributed by atoms with Crippen molar-refractivity contribution in [3.8, 4) is 16.3 Å². The minimum atomic E-state index is -0.110. The molecule has 4 aromatic rings. The molecule has 0 aliphatic heterocycles. The molecule has 1 N–H and O–H groups in total. The number of carbonyl (C=O) groups is 1. The van der Waals surface area contributed by atoms with Crippen molar-refractivity contribution in [2.24, 2.45) is 0 Å². The van der Waals surface area contributed by atoms with Crippen molar-refractivity contribution < 1.29 is 4.79 Å². The third kappa shape index (κ3) is 4.15. The molecular formula is C19H15BrN6OS. The Kier molecular flexibility index (Phi) is 5.27. The summed E-state index contributed by atoms with van der Waals surface area (Å²) in [7, 11) is 0. The number of rotatable bonds is 5. The van der Waals surface area contributed by atoms with Gasteiger partial charge in [-0.3, -0.25) is 4.79 Å². The summed E-state index contributed by atoms with van der Waals surface area (Å²) in [4.78, 5) is 17.0. The van der Waals surface area contributed by atoms with Crippen LogP contribution < -0.4 is 5.32 Å². The molecule has 0 radical (unpaired) electrons. The number of hydrogen-bond donors (Lipinski definition) is 1. The molecule has 2 heterocycles. The zero-order valence-corrected chi connectivity index (χ0v) is 17.2. The van der Waals surface area contributed by atoms with Crippen LogP contribution in [0.25, 0.3) is 16.3 Å². The SMILES string of the molecule is Cc1cc(NC(=O)Cc2csc(-c3cccc(Br)c3)n2)ccc1-n1cnnn1. The van der Waals surface area contributed by atoms with E-state index in [4.69, 9.17) is 0 Å². The predicted octanol–water partition coefficient (Wildman–Crippen LogP) is 4.04. The number of halogens is 1. The van der Waals surface area contributed by atoms with Crippen LogP contribution in [-0.2, 0) is 11.2 Å². The standard InChI is InChI=1S/C19H15BrN6OS/c1-12-7-15(5-6-17(12)26-11-21-24-25-26)22-18(27)9-16-10-28-19(23-16)13-3-2-4-14(20)8-13/h2-8,10-11H,9H2,1H3,(H,22,27). The van der Waals surface area contributed by atoms with Gasteiger partial charge in [0.15, 0.2) is 0 Å². The lowest BCUT2D eigenvalue weighted by molar-refractivity contribution is -0.115. The fourth-order valence-electron chi connectivity index (χ4n) is 2.77. The van der Waals surface area contributed by atoms with Crippen LogP contribution >= 0.6 is 27.3 Å². The summed E-state index contributed by atoms with van der Waals surface area (Å²) in [5.41, 5.74) is 4.32. The molecule has 0 saturated carbocycles. The molecule has 2 aromatic heterocycles. The molecule has 140 valence electrons. The molecule has 0 bridgehead atoms. The van der Waals surface area contributed by atoms with E-state index < -0.39 is 0 Å². The second-order valence-corrected chi connectivity index (χ2v) is 7.91. The third-order valence-corrected chi connectivity index (χ3v) is 5.47. The Morgan fingerprint density at radius 3 is 2.89 bits per heavy atom. The van der Waals surface area contributed by atoms with Crippen LogP contribution in [0.3, 0.4) is 0 Å². The number of nitrogens with one attached hydrogen (secondary N) is 1. The first-order valence-electron chi connectivity index (χ1n) is 8.43. The minimum Gasteiger partial charge on any atom is -0.326 e. The lowest BCUT2D eigenvalue weighted by atomic mass is 10.1. The Labute approximate surface area is 173 Å². The number of tetrazole rings is 1. The normalized spacial score (nSPS) is 10.8. The number of benzene rings is 2. The molecule has 1 amide bonds. The molecule has 0 aliphatic rings. The lowest BCUT2D eigenvalue weighted by Gasteiger charge is -2.08. The first kappa shape index (κ1) is 18.5. The average molecular weight is 455 g/mol. The topological polar surface area (TPSA) is 85.6 Å². The summed E-state index contributed by atoms with van der Waals surface area (Å²) < 4.78 is 2.58. The Balaban J connectivity index is 1.43. The fraction of sp³-hybridized carbons (Fsp3) is 0.105. The van der Waals surface area contributed by atoms with Gasteiger partial charge in [0.2, 0.25) is 5.91 Å². The number of carbonyl (C=O) groups excluding carboxylic acids is 1. The van der Waals surface area contributed by atoms with Gasteiger partial charge in [0, 0.05) is 21.1 Å². The van der Waals surface area contributed by atoms with Gasteiger partial charge in [-0.1, -0.05) is 28.1 Å². The van der Waals surface area contributed by atoms with Gasteiger partial charge in [-0.25, -0.2) is 9.67 Å². The van der Waals surface area contributed by atoms with Crippen molar-refractivity contribution in [2.45, 2.75) is 13.3 Å². The van der Waals surface area contributed by atoms with E-state index in [9.17, 15) is 4.79 Å². The van der Waals surface area contributed by atoms with E-state index in [-0.39, 0.29) is 12.3 Å². The van der Waals surface area contributed by atoms with E-state index in [0.717, 1.165) is 37.7 Å². The zero-order valence-electron chi connectivity index (χ0n) is 14.8. The van der Waals surface area contributed by atoms with Crippen LogP contribution in [0.15, 0.2) is 58.6 Å². The molecule has 0 spiro atoms. The summed E-state index contributed by atoms with van der Waals surface area (Å²) >= 11 is 5.00. The number of aromatic nitrogens is 5. The summed E-state index contributed by atoms with van der Waals surface area (Å²) in [5, 5.41) is 16.9. The highest BCUT2D eigenvalue weighted by Gasteiger charge is 2.11. The fourth-order valence-corrected chi connectivity index (χ4v) is 3.99. The Morgan fingerprint density at radius 1 is 1.25 bits per heavy atom. The maximum Gasteiger partial charge on any atom is 0.230 e. The number of nitrogens with zero attached hydrogens (tertiary/aromatic N) is 5. The summed E-state index contributed by atoms with van der Waals surface area (Å²) in [5.74, 6) is -0.110. The Hall–Kier alpha value is -2.91. The van der Waals surface area contributed by atoms with E-state index in [1.165, 1.54) is 17.7 Å². The molecule has 7 nitrogen and oxygen atoms in total. The van der Waals surface area contributed by atoms with Crippen molar-refractivity contribution in [3.63, 3.8) is 0 Å². The van der Waals surface area contributed by atoms with E-state index in [2.05, 4.69) is 41.8 Å². The van der Waals surface area contributed by atoms with Crippen molar-refractivity contribution in [2.75, 3.05) is 5.32 Å². The number of thiazole rings is 1. The first-order valence-corrected chi connectivity index (χ1v) is 10.1. The van der Waals surface area contributed by atoms with Gasteiger partial charge >= 0.3 is 0 Å². The van der Waals surface area contributed by atoms with E-state index in [0.29, 0.717) is 0 Å². The van der Waals surface area contributed by atoms with Gasteiger partial charge in [0.25, 0.3) is 0 Å². The second-order valence-electron chi connectivity index (χ2n) is 6.13. The molecule has 28 heavy (non-hydrogen) atoms. The largest absolute Gasteiger partial charge is 0.326 e. The quantitative estimate of drug-likeness (QED) is 0.491. The predicted molar refractivity (Wildman–Crippen MR) is 111 cm³/mol. The van der Waals surface area contributed by atoms with Crippen LogP contribution in [0.1, 0.15) is 11.3 Å². The van der Waals surface area contributed by atoms with Crippen LogP contribution in [0, 0.1) is 6.92 Å². The smallest absolute Gasteiger partial charge is 0.230 e. The molecule has 0 fully saturated rings. The maximum absolute atomic E-state index is 12.4. The van der Waals surface area contributed by atoms with Crippen molar-refractivity contribution in [1.82, 2.24) is 25.2 Å². The van der Waals surface area contributed by atoms with E-state index in [1.54, 1.807) is 4.68 Å². The van der Waals surface area contributed by atoms with Crippen LogP contribution in [0.4, 0.5) is 5.69 Å². The Morgan fingerprint density at radius 2 is 2.14 bits per heavy atom. The van der Waals surface area contributed by atoms with Gasteiger partial charge in [0.05, 0.1) is 17.8 Å². The van der Waals surface area contributed by atoms with Gasteiger partial charge in [-0.15, -0.1) is 16.4 Å². The van der Waals surface area contributed by atoms with Crippen molar-refractivity contribution in [1.29, 1.82) is 0 Å². The molecule has 4 rings (SSSR count). The van der Waals surface area contributed by atoms with E-state index in [1.807, 2.05) is 54.8 Å². The Bertz CT molecular complexity index is 1130. The van der Waals surface area contributed by atoms with Gasteiger partial charge in [-0.2, -0.15) is 0 Å². The number of anilines is 1. The second kappa shape index (κ2) is 7.99. The number of aryl methyl sites for hydroxylation is 1. The zero-order chi connectivity index (χ0) is 19.5. The molecule has 2 aromatic carbocycles. The van der Waals surface area contributed by atoms with Crippen molar-refractivity contribution in [3.05, 3.63) is 69.9 Å². The molecule has 0 aliphatic carbocycles. The number of hydrogen-bond acceptors (Lipinski definition) is 6. The first-order chi connectivity index (χ1) is 13.6. The van der Waals surface area contributed by atoms with Crippen LogP contribution in [-0.4, -0.2) is 31.1 Å². The number of amides is 1. The van der Waals surface area contributed by atoms with Crippen molar-refractivity contribution >= 4 is 38.9 Å². The van der Waals surface area contributed by atoms with Gasteiger partial charge in [0.1, 0.15) is 11.3 Å². The minimum absolute atomic E-state index is 0.110. The van der Waals surface area contributed by atoms with Crippen LogP contribution in [0.2, 0.25) is 0 Å². The summed E-state index contributed by atoms with van der Waals surface area (Å²) in [6.07, 6.45) is 1.75. The van der Waals surface area contributed by atoms with Gasteiger partial charge in [-0.05, 0) is 53.2 Å². The monoisotopic (exact) mass is 454 g/mol. The lowest BCUT2D eigenvalue weighted by Crippen LogP contribution is -2.15. The maximum atomic E-state index is 12.4. The van der Waals surface area contributed by atoms with Gasteiger partial charge < -0.3 is 5.32 Å². The summed E-state index contributed by atoms with van der Waals surface area (Å²) in [6, 6.07) is 13.5. The molecule has 9 heteroatoms. The summed E-state index contributed by atoms with van der Waals surface area (Å²) in [6.45, 7) is 1.94. The third-order valence-electron chi connectivity index (χ3n) is 4.04. The molecular weight excluding hydrogens is 440 g/mol. The molecule has 0 atom stereocenters. The molecule has 0 saturated heterocycles. The highest BCUT2D eigenvalue weighted by atomic mass is 79.9. The highest BCUT2D eigenvalue weighted by Crippen LogP contribution is 2.26. The average Bonchev–Trinajstić information content (AvgIpc) is 3.34. The molecule has 0 unspecified atom stereocenters.